The predicted octanol–water partition coefficient (Wildman–Crippen LogP) is 3.20. The number of ketones is 1. The van der Waals surface area contributed by atoms with Crippen LogP contribution in [0.4, 0.5) is 0 Å². The van der Waals surface area contributed by atoms with Crippen molar-refractivity contribution in [3.05, 3.63) is 36.0 Å². The van der Waals surface area contributed by atoms with Gasteiger partial charge in [0, 0.05) is 50.4 Å². The van der Waals surface area contributed by atoms with Crippen molar-refractivity contribution in [3.63, 3.8) is 0 Å². The Morgan fingerprint density at radius 3 is 2.53 bits per heavy atom. The number of Topliss-reactive ketones (excluding diaryl/α,β-unsaturated/α-hetero) is 1. The van der Waals surface area contributed by atoms with Crippen LogP contribution in [0.5, 0.6) is 0 Å². The van der Waals surface area contributed by atoms with Gasteiger partial charge in [-0.05, 0) is 49.7 Å². The summed E-state index contributed by atoms with van der Waals surface area (Å²) in [5.74, 6) is -2.15. The third-order valence-electron chi connectivity index (χ3n) is 9.84. The van der Waals surface area contributed by atoms with Gasteiger partial charge in [-0.1, -0.05) is 51.3 Å². The van der Waals surface area contributed by atoms with Crippen molar-refractivity contribution in [3.8, 4) is 0 Å². The summed E-state index contributed by atoms with van der Waals surface area (Å²) in [5, 5.41) is 8.06. The maximum atomic E-state index is 14.1. The summed E-state index contributed by atoms with van der Waals surface area (Å²) in [4.78, 5) is 80.3. The summed E-state index contributed by atoms with van der Waals surface area (Å²) >= 11 is 0. The molecule has 0 spiro atoms. The number of carbonyl (C=O) groups is 5. The second kappa shape index (κ2) is 16.8. The van der Waals surface area contributed by atoms with Crippen LogP contribution in [-0.2, 0) is 35.2 Å². The Labute approximate surface area is 277 Å². The first-order chi connectivity index (χ1) is 22.6. The van der Waals surface area contributed by atoms with E-state index in [1.165, 1.54) is 12.2 Å². The molecule has 2 N–H and O–H groups in total. The zero-order valence-corrected chi connectivity index (χ0v) is 28.5. The molecule has 1 aromatic heterocycles. The van der Waals surface area contributed by atoms with Crippen molar-refractivity contribution in [2.45, 2.75) is 103 Å². The lowest BCUT2D eigenvalue weighted by molar-refractivity contribution is -0.168. The van der Waals surface area contributed by atoms with Gasteiger partial charge in [-0.25, -0.2) is 5.06 Å². The fourth-order valence-corrected chi connectivity index (χ4v) is 6.70. The first-order valence-corrected chi connectivity index (χ1v) is 17.0. The molecule has 5 atom stereocenters. The van der Waals surface area contributed by atoms with Gasteiger partial charge in [-0.3, -0.25) is 28.8 Å². The number of carbonyl (C=O) groups excluding carboxylic acids is 5. The lowest BCUT2D eigenvalue weighted by atomic mass is 9.87. The lowest BCUT2D eigenvalue weighted by Gasteiger charge is -2.39. The number of unbranched alkanes of at least 4 members (excludes halogenated alkanes) is 2. The molecule has 2 aromatic rings. The van der Waals surface area contributed by atoms with E-state index >= 15 is 0 Å². The first kappa shape index (κ1) is 35.9. The van der Waals surface area contributed by atoms with E-state index in [1.807, 2.05) is 38.1 Å². The molecular weight excluding hydrogens is 602 g/mol. The number of amides is 4. The summed E-state index contributed by atoms with van der Waals surface area (Å²) < 4.78 is 1.62. The van der Waals surface area contributed by atoms with Crippen LogP contribution >= 0.6 is 0 Å². The van der Waals surface area contributed by atoms with E-state index < -0.39 is 30.0 Å². The van der Waals surface area contributed by atoms with Gasteiger partial charge in [0.25, 0.3) is 0 Å². The van der Waals surface area contributed by atoms with Crippen molar-refractivity contribution in [1.82, 2.24) is 25.3 Å². The fourth-order valence-electron chi connectivity index (χ4n) is 6.70. The average molecular weight is 654 g/mol. The maximum Gasteiger partial charge on any atom is 0.246 e. The molecule has 0 radical (unpaired) electrons. The van der Waals surface area contributed by atoms with Crippen LogP contribution in [0.1, 0.15) is 83.6 Å². The zero-order chi connectivity index (χ0) is 34.1. The van der Waals surface area contributed by atoms with Gasteiger partial charge in [0.1, 0.15) is 19.2 Å². The highest BCUT2D eigenvalue weighted by Gasteiger charge is 2.41. The van der Waals surface area contributed by atoms with E-state index in [9.17, 15) is 24.0 Å². The molecule has 1 unspecified atom stereocenters. The van der Waals surface area contributed by atoms with Gasteiger partial charge in [0.05, 0.1) is 18.7 Å². The summed E-state index contributed by atoms with van der Waals surface area (Å²) in [6, 6.07) is 5.22. The fraction of sp³-hybridized carbons (Fsp3) is 0.629. The summed E-state index contributed by atoms with van der Waals surface area (Å²) in [5.41, 5.74) is 1.63. The van der Waals surface area contributed by atoms with Crippen molar-refractivity contribution < 1.29 is 33.6 Å². The molecule has 0 saturated carbocycles. The molecule has 258 valence electrons. The molecule has 12 nitrogen and oxygen atoms in total. The van der Waals surface area contributed by atoms with Crippen LogP contribution in [-0.4, -0.2) is 90.0 Å². The molecule has 2 aliphatic heterocycles. The normalized spacial score (nSPS) is 23.3. The van der Waals surface area contributed by atoms with Crippen LogP contribution in [0.25, 0.3) is 10.9 Å². The van der Waals surface area contributed by atoms with Crippen molar-refractivity contribution in [2.24, 2.45) is 11.8 Å². The smallest absolute Gasteiger partial charge is 0.246 e. The minimum absolute atomic E-state index is 0.0169. The second-order valence-corrected chi connectivity index (χ2v) is 12.9. The molecule has 2 aliphatic rings. The highest BCUT2D eigenvalue weighted by molar-refractivity contribution is 5.98. The number of rotatable bonds is 12. The van der Waals surface area contributed by atoms with Gasteiger partial charge >= 0.3 is 0 Å². The summed E-state index contributed by atoms with van der Waals surface area (Å²) in [7, 11) is 4.56. The molecular formula is C35H51N5O7. The lowest BCUT2D eigenvalue weighted by Crippen LogP contribution is -2.61. The van der Waals surface area contributed by atoms with E-state index in [4.69, 9.17) is 9.68 Å². The third kappa shape index (κ3) is 8.71. The number of hydrogen-bond acceptors (Lipinski definition) is 7. The zero-order valence-electron chi connectivity index (χ0n) is 28.5. The van der Waals surface area contributed by atoms with Crippen LogP contribution < -0.4 is 15.5 Å². The van der Waals surface area contributed by atoms with Gasteiger partial charge in [-0.2, -0.15) is 4.73 Å². The van der Waals surface area contributed by atoms with E-state index in [2.05, 4.69) is 10.6 Å². The minimum Gasteiger partial charge on any atom is -0.417 e. The Morgan fingerprint density at radius 1 is 1.04 bits per heavy atom. The van der Waals surface area contributed by atoms with Crippen LogP contribution in [0.15, 0.2) is 30.5 Å². The summed E-state index contributed by atoms with van der Waals surface area (Å²) in [6.07, 6.45) is 7.40. The molecule has 0 bridgehead atoms. The number of hydroxylamine groups is 2. The number of hydrogen-bond donors (Lipinski definition) is 2. The average Bonchev–Trinajstić information content (AvgIpc) is 3.45. The van der Waals surface area contributed by atoms with Gasteiger partial charge in [0.15, 0.2) is 5.78 Å². The predicted molar refractivity (Wildman–Crippen MR) is 177 cm³/mol. The number of piperidine rings is 1. The van der Waals surface area contributed by atoms with Crippen LogP contribution in [0.3, 0.4) is 0 Å². The number of fused-ring (bicyclic) bond motifs is 2. The first-order valence-electron chi connectivity index (χ1n) is 17.0. The van der Waals surface area contributed by atoms with Gasteiger partial charge < -0.3 is 20.4 Å². The number of nitrogens with zero attached hydrogens (tertiary/aromatic N) is 3. The third-order valence-corrected chi connectivity index (χ3v) is 9.84. The van der Waals surface area contributed by atoms with Crippen molar-refractivity contribution in [1.29, 1.82) is 0 Å². The number of para-hydroxylation sites is 1. The SMILES string of the molecule is CCC(C)[C@@H]1NC(=O)[C@H](Cc2cn(OC)c3ccccc23)NC(=O)[C@H](CCCCCC(=O)N(C)OC)CC(=O)[C@H]2CCCCN2C1=O. The Morgan fingerprint density at radius 2 is 1.81 bits per heavy atom. The highest BCUT2D eigenvalue weighted by atomic mass is 16.7. The summed E-state index contributed by atoms with van der Waals surface area (Å²) in [6.45, 7) is 4.33. The van der Waals surface area contributed by atoms with Crippen molar-refractivity contribution in [2.75, 3.05) is 27.8 Å². The minimum atomic E-state index is -0.991. The van der Waals surface area contributed by atoms with Crippen molar-refractivity contribution >= 4 is 40.3 Å². The number of nitrogens with one attached hydrogen (secondary N) is 2. The standard InChI is InChI=1S/C35H51N5O7/c1-6-23(2)32-35(45)39-19-13-12-17-29(39)30(41)21-24(14-8-7-9-18-31(42)38(3)46-4)33(43)36-27(34(44)37-32)20-25-22-40(47-5)28-16-11-10-15-26(25)28/h10-11,15-16,22-24,27,29,32H,6-9,12-14,17-21H2,1-5H3,(H,36,43)(H,37,44)/t23?,24-,27+,29-,32+/m1/s1. The quantitative estimate of drug-likeness (QED) is 0.265. The number of aromatic nitrogens is 1. The van der Waals surface area contributed by atoms with Crippen LogP contribution in [0, 0.1) is 11.8 Å². The Balaban J connectivity index is 1.63. The molecule has 4 amide bonds. The Kier molecular flexibility index (Phi) is 12.8. The molecule has 47 heavy (non-hydrogen) atoms. The monoisotopic (exact) mass is 653 g/mol. The molecule has 3 heterocycles. The molecule has 1 aromatic carbocycles. The largest absolute Gasteiger partial charge is 0.417 e. The topological polar surface area (TPSA) is 139 Å². The second-order valence-electron chi connectivity index (χ2n) is 12.9. The molecule has 4 rings (SSSR count). The van der Waals surface area contributed by atoms with E-state index in [0.29, 0.717) is 51.5 Å². The van der Waals surface area contributed by atoms with Gasteiger partial charge in [0.2, 0.25) is 23.6 Å². The molecule has 12 heteroatoms. The van der Waals surface area contributed by atoms with E-state index in [0.717, 1.165) is 29.3 Å². The Hall–Kier alpha value is -3.93. The molecule has 2 fully saturated rings. The Bertz CT molecular complexity index is 1420. The number of benzene rings is 1. The molecule has 2 saturated heterocycles. The van der Waals surface area contributed by atoms with Crippen LogP contribution in [0.2, 0.25) is 0 Å². The van der Waals surface area contributed by atoms with E-state index in [-0.39, 0.29) is 42.3 Å². The highest BCUT2D eigenvalue weighted by Crippen LogP contribution is 2.27. The van der Waals surface area contributed by atoms with E-state index in [1.54, 1.807) is 30.0 Å². The van der Waals surface area contributed by atoms with Gasteiger partial charge in [-0.15, -0.1) is 0 Å². The molecule has 0 aliphatic carbocycles. The maximum absolute atomic E-state index is 14.1.